The number of benzene rings is 2. The molecule has 4 atom stereocenters. The highest BCUT2D eigenvalue weighted by atomic mass is 16.5. The van der Waals surface area contributed by atoms with E-state index in [4.69, 9.17) is 19.2 Å². The minimum absolute atomic E-state index is 0.00859. The standard InChI is InChI=1S/C30H35NO6/c1-6-17(3)37-30(34)27-18(4)31-23-14-21(19-8-11-22(35-5)12-9-19)15-25(33)29(23)28(27)20-10-13-24(32)26(16-20)36-7-2/h8-13,16-17,21,27-28,32H,6-7,14-15H2,1-5H3/t17-,21-,27?,28-/m1/s1. The average Bonchev–Trinajstić information content (AvgIpc) is 2.89. The molecule has 0 radical (unpaired) electrons. The van der Waals surface area contributed by atoms with E-state index in [-0.39, 0.29) is 23.6 Å². The van der Waals surface area contributed by atoms with Gasteiger partial charge in [-0.25, -0.2) is 0 Å². The number of ether oxygens (including phenoxy) is 3. The van der Waals surface area contributed by atoms with Crippen LogP contribution in [-0.4, -0.2) is 42.4 Å². The van der Waals surface area contributed by atoms with E-state index in [1.807, 2.05) is 52.0 Å². The van der Waals surface area contributed by atoms with E-state index >= 15 is 0 Å². The number of carbonyl (C=O) groups excluding carboxylic acids is 2. The Labute approximate surface area is 218 Å². The number of hydrogen-bond donors (Lipinski definition) is 1. The summed E-state index contributed by atoms with van der Waals surface area (Å²) in [5.74, 6) is -0.681. The quantitative estimate of drug-likeness (QED) is 0.462. The Hall–Kier alpha value is -3.61. The third-order valence-corrected chi connectivity index (χ3v) is 7.26. The van der Waals surface area contributed by atoms with E-state index < -0.39 is 17.8 Å². The van der Waals surface area contributed by atoms with E-state index in [1.165, 1.54) is 0 Å². The lowest BCUT2D eigenvalue weighted by atomic mass is 9.69. The minimum Gasteiger partial charge on any atom is -0.504 e. The second kappa shape index (κ2) is 11.2. The first-order valence-electron chi connectivity index (χ1n) is 12.9. The van der Waals surface area contributed by atoms with Crippen LogP contribution >= 0.6 is 0 Å². The van der Waals surface area contributed by atoms with E-state index in [1.54, 1.807) is 25.3 Å². The lowest BCUT2D eigenvalue weighted by Crippen LogP contribution is -2.39. The maximum absolute atomic E-state index is 13.8. The van der Waals surface area contributed by atoms with E-state index in [0.717, 1.165) is 11.3 Å². The van der Waals surface area contributed by atoms with Crippen LogP contribution in [0.1, 0.15) is 69.9 Å². The second-order valence-corrected chi connectivity index (χ2v) is 9.69. The lowest BCUT2D eigenvalue weighted by molar-refractivity contribution is -0.151. The number of carbonyl (C=O) groups is 2. The van der Waals surface area contributed by atoms with Crippen LogP contribution in [0.15, 0.2) is 58.7 Å². The Morgan fingerprint density at radius 3 is 2.46 bits per heavy atom. The predicted octanol–water partition coefficient (Wildman–Crippen LogP) is 5.72. The van der Waals surface area contributed by atoms with Crippen molar-refractivity contribution in [3.8, 4) is 17.2 Å². The number of esters is 1. The summed E-state index contributed by atoms with van der Waals surface area (Å²) in [6.07, 6.45) is 1.34. The first-order valence-corrected chi connectivity index (χ1v) is 12.9. The van der Waals surface area contributed by atoms with Crippen molar-refractivity contribution in [2.24, 2.45) is 10.9 Å². The van der Waals surface area contributed by atoms with Crippen molar-refractivity contribution >= 4 is 17.5 Å². The molecule has 0 saturated carbocycles. The number of aliphatic imine (C=N–C) groups is 1. The van der Waals surface area contributed by atoms with Gasteiger partial charge in [-0.2, -0.15) is 0 Å². The number of methoxy groups -OCH3 is 1. The van der Waals surface area contributed by atoms with Crippen LogP contribution in [0, 0.1) is 5.92 Å². The first kappa shape index (κ1) is 26.5. The smallest absolute Gasteiger partial charge is 0.315 e. The monoisotopic (exact) mass is 505 g/mol. The van der Waals surface area contributed by atoms with Gasteiger partial charge in [-0.15, -0.1) is 0 Å². The van der Waals surface area contributed by atoms with Gasteiger partial charge in [0.15, 0.2) is 17.3 Å². The molecule has 2 aliphatic rings. The number of nitrogens with zero attached hydrogens (tertiary/aromatic N) is 1. The molecule has 1 heterocycles. The van der Waals surface area contributed by atoms with Crippen LogP contribution < -0.4 is 9.47 Å². The molecule has 1 N–H and O–H groups in total. The number of Topliss-reactive ketones (excluding diaryl/α,β-unsaturated/α-hetero) is 1. The summed E-state index contributed by atoms with van der Waals surface area (Å²) in [6, 6.07) is 12.8. The molecule has 0 spiro atoms. The maximum Gasteiger partial charge on any atom is 0.315 e. The van der Waals surface area contributed by atoms with Crippen LogP contribution in [0.25, 0.3) is 0 Å². The van der Waals surface area contributed by atoms with Crippen LogP contribution in [0.3, 0.4) is 0 Å². The van der Waals surface area contributed by atoms with Gasteiger partial charge in [-0.05, 0) is 74.9 Å². The number of phenolic OH excluding ortho intramolecular Hbond substituents is 1. The first-order chi connectivity index (χ1) is 17.8. The van der Waals surface area contributed by atoms with Crippen LogP contribution in [-0.2, 0) is 14.3 Å². The number of rotatable bonds is 8. The molecule has 4 rings (SSSR count). The highest BCUT2D eigenvalue weighted by Crippen LogP contribution is 2.48. The largest absolute Gasteiger partial charge is 0.504 e. The molecule has 37 heavy (non-hydrogen) atoms. The van der Waals surface area contributed by atoms with Crippen LogP contribution in [0.2, 0.25) is 0 Å². The van der Waals surface area contributed by atoms with E-state index in [0.29, 0.717) is 54.2 Å². The normalized spacial score (nSPS) is 22.1. The van der Waals surface area contributed by atoms with Gasteiger partial charge in [-0.3, -0.25) is 14.6 Å². The van der Waals surface area contributed by atoms with Crippen molar-refractivity contribution in [2.45, 2.75) is 64.9 Å². The topological polar surface area (TPSA) is 94.4 Å². The molecule has 7 heteroatoms. The lowest BCUT2D eigenvalue weighted by Gasteiger charge is -2.37. The molecule has 0 fully saturated rings. The van der Waals surface area contributed by atoms with Gasteiger partial charge in [0.1, 0.15) is 11.7 Å². The van der Waals surface area contributed by atoms with Crippen LogP contribution in [0.4, 0.5) is 0 Å². The molecule has 196 valence electrons. The Balaban J connectivity index is 1.79. The Kier molecular flexibility index (Phi) is 8.00. The molecule has 0 bridgehead atoms. The SMILES string of the molecule is CCOc1cc([C@H]2C3=C(C[C@@H](c4ccc(OC)cc4)CC3=O)N=C(C)C2C(=O)O[C@H](C)CC)ccc1O. The molecular formula is C30H35NO6. The molecule has 0 amide bonds. The van der Waals surface area contributed by atoms with Crippen LogP contribution in [0.5, 0.6) is 17.2 Å². The van der Waals surface area contributed by atoms with Gasteiger partial charge in [-0.1, -0.05) is 25.1 Å². The molecular weight excluding hydrogens is 470 g/mol. The maximum atomic E-state index is 13.8. The zero-order valence-electron chi connectivity index (χ0n) is 22.1. The number of ketones is 1. The highest BCUT2D eigenvalue weighted by molar-refractivity contribution is 6.09. The third-order valence-electron chi connectivity index (χ3n) is 7.26. The molecule has 1 aliphatic carbocycles. The van der Waals surface area contributed by atoms with Gasteiger partial charge in [0.2, 0.25) is 0 Å². The number of allylic oxidation sites excluding steroid dienone is 2. The molecule has 1 unspecified atom stereocenters. The van der Waals surface area contributed by atoms with Crippen molar-refractivity contribution in [1.82, 2.24) is 0 Å². The fourth-order valence-electron chi connectivity index (χ4n) is 5.19. The van der Waals surface area contributed by atoms with Gasteiger partial charge in [0.05, 0.1) is 19.8 Å². The van der Waals surface area contributed by atoms with Crippen molar-refractivity contribution in [1.29, 1.82) is 0 Å². The van der Waals surface area contributed by atoms with Crippen molar-refractivity contribution in [3.05, 3.63) is 64.9 Å². The van der Waals surface area contributed by atoms with Crippen molar-refractivity contribution in [3.63, 3.8) is 0 Å². The van der Waals surface area contributed by atoms with Gasteiger partial charge >= 0.3 is 5.97 Å². The molecule has 7 nitrogen and oxygen atoms in total. The van der Waals surface area contributed by atoms with E-state index in [9.17, 15) is 14.7 Å². The summed E-state index contributed by atoms with van der Waals surface area (Å²) in [4.78, 5) is 32.0. The Bertz CT molecular complexity index is 1230. The number of phenols is 1. The zero-order chi connectivity index (χ0) is 26.7. The summed E-state index contributed by atoms with van der Waals surface area (Å²) >= 11 is 0. The fraction of sp³-hybridized carbons (Fsp3) is 0.433. The molecule has 2 aromatic carbocycles. The highest BCUT2D eigenvalue weighted by Gasteiger charge is 2.45. The molecule has 1 aliphatic heterocycles. The zero-order valence-corrected chi connectivity index (χ0v) is 22.1. The van der Waals surface area contributed by atoms with Gasteiger partial charge in [0.25, 0.3) is 0 Å². The second-order valence-electron chi connectivity index (χ2n) is 9.69. The minimum atomic E-state index is -0.742. The van der Waals surface area contributed by atoms with E-state index in [2.05, 4.69) is 0 Å². The Morgan fingerprint density at radius 1 is 1.11 bits per heavy atom. The predicted molar refractivity (Wildman–Crippen MR) is 141 cm³/mol. The van der Waals surface area contributed by atoms with Gasteiger partial charge in [0, 0.05) is 29.3 Å². The molecule has 0 aromatic heterocycles. The van der Waals surface area contributed by atoms with Gasteiger partial charge < -0.3 is 19.3 Å². The summed E-state index contributed by atoms with van der Waals surface area (Å²) in [5.41, 5.74) is 3.64. The Morgan fingerprint density at radius 2 is 1.81 bits per heavy atom. The fourth-order valence-corrected chi connectivity index (χ4v) is 5.19. The summed E-state index contributed by atoms with van der Waals surface area (Å²) in [7, 11) is 1.62. The average molecular weight is 506 g/mol. The number of aromatic hydroxyl groups is 1. The summed E-state index contributed by atoms with van der Waals surface area (Å²) in [5, 5.41) is 10.3. The number of hydrogen-bond acceptors (Lipinski definition) is 7. The van der Waals surface area contributed by atoms with Crippen molar-refractivity contribution in [2.75, 3.05) is 13.7 Å². The van der Waals surface area contributed by atoms with Crippen molar-refractivity contribution < 1.29 is 28.9 Å². The summed E-state index contributed by atoms with van der Waals surface area (Å²) in [6.45, 7) is 7.84. The summed E-state index contributed by atoms with van der Waals surface area (Å²) < 4.78 is 16.6. The molecule has 0 saturated heterocycles. The molecule has 2 aromatic rings. The third kappa shape index (κ3) is 5.41.